The van der Waals surface area contributed by atoms with E-state index in [-0.39, 0.29) is 17.3 Å². The van der Waals surface area contributed by atoms with Crippen LogP contribution in [0.3, 0.4) is 0 Å². The van der Waals surface area contributed by atoms with Gasteiger partial charge in [0.2, 0.25) is 0 Å². The van der Waals surface area contributed by atoms with Gasteiger partial charge in [0, 0.05) is 44.5 Å². The highest BCUT2D eigenvalue weighted by Crippen LogP contribution is 2.41. The molecule has 3 atom stereocenters. The van der Waals surface area contributed by atoms with Gasteiger partial charge in [-0.3, -0.25) is 0 Å². The van der Waals surface area contributed by atoms with Crippen molar-refractivity contribution in [1.29, 1.82) is 0 Å². The van der Waals surface area contributed by atoms with Crippen molar-refractivity contribution in [3.8, 4) is 11.3 Å². The number of methoxy groups -OCH3 is 1. The predicted octanol–water partition coefficient (Wildman–Crippen LogP) is 2.71. The third-order valence-corrected chi connectivity index (χ3v) is 6.33. The molecular formula is C21H23B2F3N4O. The molecule has 0 amide bonds. The molecule has 1 saturated carbocycles. The second-order valence-electron chi connectivity index (χ2n) is 8.52. The lowest BCUT2D eigenvalue weighted by molar-refractivity contribution is 0.153. The first-order valence-electron chi connectivity index (χ1n) is 10.3. The highest BCUT2D eigenvalue weighted by Gasteiger charge is 2.44. The van der Waals surface area contributed by atoms with E-state index in [0.29, 0.717) is 36.7 Å². The van der Waals surface area contributed by atoms with Crippen molar-refractivity contribution in [2.24, 2.45) is 11.8 Å². The van der Waals surface area contributed by atoms with Crippen LogP contribution in [0.5, 0.6) is 0 Å². The van der Waals surface area contributed by atoms with E-state index >= 15 is 0 Å². The van der Waals surface area contributed by atoms with E-state index in [1.807, 2.05) is 0 Å². The van der Waals surface area contributed by atoms with Crippen LogP contribution in [0.25, 0.3) is 11.3 Å². The number of hydrogen-bond donors (Lipinski definition) is 1. The molecule has 1 saturated heterocycles. The van der Waals surface area contributed by atoms with Crippen LogP contribution in [-0.4, -0.2) is 69.0 Å². The van der Waals surface area contributed by atoms with E-state index in [2.05, 4.69) is 20.4 Å². The van der Waals surface area contributed by atoms with Gasteiger partial charge in [0.25, 0.3) is 0 Å². The number of benzene rings is 1. The van der Waals surface area contributed by atoms with Gasteiger partial charge in [-0.05, 0) is 49.3 Å². The second kappa shape index (κ2) is 8.82. The molecule has 2 aliphatic rings. The van der Waals surface area contributed by atoms with Crippen molar-refractivity contribution in [1.82, 2.24) is 15.1 Å². The largest absolute Gasteiger partial charge is 0.385 e. The monoisotopic (exact) mass is 426 g/mol. The van der Waals surface area contributed by atoms with Gasteiger partial charge >= 0.3 is 0 Å². The molecule has 0 spiro atoms. The molecule has 2 heterocycles. The molecule has 2 fully saturated rings. The van der Waals surface area contributed by atoms with Gasteiger partial charge in [0.05, 0.1) is 21.4 Å². The Hall–Kier alpha value is -2.06. The summed E-state index contributed by atoms with van der Waals surface area (Å²) in [5, 5.41) is 10.5. The zero-order chi connectivity index (χ0) is 22.2. The molecule has 31 heavy (non-hydrogen) atoms. The first-order chi connectivity index (χ1) is 14.8. The van der Waals surface area contributed by atoms with Gasteiger partial charge < -0.3 is 15.0 Å². The van der Waals surface area contributed by atoms with Crippen molar-refractivity contribution in [3.63, 3.8) is 0 Å². The molecule has 1 N–H and O–H groups in total. The van der Waals surface area contributed by atoms with Gasteiger partial charge in [-0.15, -0.1) is 10.2 Å². The predicted molar refractivity (Wildman–Crippen MR) is 113 cm³/mol. The maximum Gasteiger partial charge on any atom is 0.168 e. The number of aromatic nitrogens is 2. The summed E-state index contributed by atoms with van der Waals surface area (Å²) >= 11 is 0. The SMILES string of the molecule is [B]C([B])(CCOC)N1C[C@H]2CC(Nc3ccc(-c4cc(F)cc(F)c4F)nn3)C[C@H]2C1. The molecular weight excluding hydrogens is 403 g/mol. The number of nitrogens with one attached hydrogen (secondary N) is 1. The lowest BCUT2D eigenvalue weighted by atomic mass is 9.59. The number of hydrogen-bond acceptors (Lipinski definition) is 5. The summed E-state index contributed by atoms with van der Waals surface area (Å²) in [5.74, 6) is -1.76. The lowest BCUT2D eigenvalue weighted by Gasteiger charge is -2.37. The molecule has 10 heteroatoms. The van der Waals surface area contributed by atoms with Crippen molar-refractivity contribution in [2.75, 3.05) is 32.1 Å². The first-order valence-corrected chi connectivity index (χ1v) is 10.3. The fourth-order valence-electron chi connectivity index (χ4n) is 4.69. The number of nitrogens with zero attached hydrogens (tertiary/aromatic N) is 3. The van der Waals surface area contributed by atoms with Gasteiger partial charge in [-0.25, -0.2) is 13.2 Å². The molecule has 1 aromatic carbocycles. The van der Waals surface area contributed by atoms with Crippen LogP contribution in [0, 0.1) is 29.3 Å². The quantitative estimate of drug-likeness (QED) is 0.546. The molecule has 160 valence electrons. The molecule has 1 unspecified atom stereocenters. The number of fused-ring (bicyclic) bond motifs is 1. The van der Waals surface area contributed by atoms with E-state index in [0.717, 1.165) is 32.0 Å². The molecule has 1 aromatic heterocycles. The summed E-state index contributed by atoms with van der Waals surface area (Å²) < 4.78 is 45.9. The normalized spacial score (nSPS) is 23.8. The molecule has 5 nitrogen and oxygen atoms in total. The van der Waals surface area contributed by atoms with E-state index in [9.17, 15) is 13.2 Å². The minimum Gasteiger partial charge on any atom is -0.385 e. The van der Waals surface area contributed by atoms with Crippen LogP contribution in [-0.2, 0) is 4.74 Å². The van der Waals surface area contributed by atoms with E-state index < -0.39 is 22.8 Å². The van der Waals surface area contributed by atoms with Crippen LogP contribution < -0.4 is 5.32 Å². The summed E-state index contributed by atoms with van der Waals surface area (Å²) in [6.45, 7) is 2.20. The van der Waals surface area contributed by atoms with E-state index in [1.165, 1.54) is 6.07 Å². The van der Waals surface area contributed by atoms with E-state index in [4.69, 9.17) is 20.4 Å². The Bertz CT molecular complexity index is 918. The second-order valence-corrected chi connectivity index (χ2v) is 8.52. The van der Waals surface area contributed by atoms with Gasteiger partial charge in [0.1, 0.15) is 11.6 Å². The Morgan fingerprint density at radius 1 is 1.13 bits per heavy atom. The summed E-state index contributed by atoms with van der Waals surface area (Å²) in [4.78, 5) is 2.14. The van der Waals surface area contributed by atoms with Gasteiger partial charge in [0.15, 0.2) is 11.6 Å². The minimum absolute atomic E-state index is 0.0682. The summed E-state index contributed by atoms with van der Waals surface area (Å²) in [6, 6.07) is 4.76. The Kier molecular flexibility index (Phi) is 6.30. The number of anilines is 1. The minimum atomic E-state index is -1.26. The zero-order valence-corrected chi connectivity index (χ0v) is 17.3. The fraction of sp³-hybridized carbons (Fsp3) is 0.524. The topological polar surface area (TPSA) is 50.3 Å². The Balaban J connectivity index is 1.35. The van der Waals surface area contributed by atoms with Crippen molar-refractivity contribution < 1.29 is 17.9 Å². The highest BCUT2D eigenvalue weighted by atomic mass is 19.2. The van der Waals surface area contributed by atoms with E-state index in [1.54, 1.807) is 13.2 Å². The molecule has 2 aromatic rings. The van der Waals surface area contributed by atoms with Crippen molar-refractivity contribution >= 4 is 21.5 Å². The fourth-order valence-corrected chi connectivity index (χ4v) is 4.69. The van der Waals surface area contributed by atoms with Crippen LogP contribution in [0.2, 0.25) is 0 Å². The number of likely N-dealkylation sites (tertiary alicyclic amines) is 1. The molecule has 0 bridgehead atoms. The highest BCUT2D eigenvalue weighted by molar-refractivity contribution is 6.39. The Morgan fingerprint density at radius 2 is 1.84 bits per heavy atom. The smallest absolute Gasteiger partial charge is 0.168 e. The Labute approximate surface area is 182 Å². The maximum absolute atomic E-state index is 14.0. The lowest BCUT2D eigenvalue weighted by Crippen LogP contribution is -2.50. The van der Waals surface area contributed by atoms with Crippen LogP contribution in [0.4, 0.5) is 19.0 Å². The summed E-state index contributed by atoms with van der Waals surface area (Å²) in [5.41, 5.74) is -0.189. The van der Waals surface area contributed by atoms with Gasteiger partial charge in [-0.1, -0.05) is 5.34 Å². The summed E-state index contributed by atoms with van der Waals surface area (Å²) in [7, 11) is 14.2. The molecule has 1 aliphatic heterocycles. The third kappa shape index (κ3) is 4.75. The first kappa shape index (κ1) is 22.1. The van der Waals surface area contributed by atoms with Crippen molar-refractivity contribution in [3.05, 3.63) is 41.7 Å². The standard InChI is InChI=1S/C21H23B2F3N4O/c1-31-5-4-21(22,23)30-10-12-6-15(7-13(12)11-30)27-19-3-2-18(28-29-19)16-8-14(24)9-17(25)20(16)26/h2-3,8-9,12-13,15H,4-7,10-11H2,1H3,(H,27,29)/t12-,13+,15?. The third-order valence-electron chi connectivity index (χ3n) is 6.33. The van der Waals surface area contributed by atoms with Crippen LogP contribution in [0.15, 0.2) is 24.3 Å². The molecule has 4 radical (unpaired) electrons. The maximum atomic E-state index is 14.0. The number of ether oxygens (including phenoxy) is 1. The zero-order valence-electron chi connectivity index (χ0n) is 17.3. The molecule has 1 aliphatic carbocycles. The number of rotatable bonds is 7. The average Bonchev–Trinajstić information content (AvgIpc) is 3.29. The van der Waals surface area contributed by atoms with Crippen molar-refractivity contribution in [2.45, 2.75) is 30.6 Å². The average molecular weight is 426 g/mol. The van der Waals surface area contributed by atoms with Crippen LogP contribution >= 0.6 is 0 Å². The molecule has 4 rings (SSSR count). The summed E-state index contributed by atoms with van der Waals surface area (Å²) in [6.07, 6.45) is 2.48. The number of halogens is 3. The Morgan fingerprint density at radius 3 is 2.45 bits per heavy atom. The van der Waals surface area contributed by atoms with Crippen LogP contribution in [0.1, 0.15) is 19.3 Å². The van der Waals surface area contributed by atoms with Gasteiger partial charge in [-0.2, -0.15) is 0 Å².